The zero-order valence-corrected chi connectivity index (χ0v) is 26.6. The van der Waals surface area contributed by atoms with Crippen LogP contribution in [-0.4, -0.2) is 22.9 Å². The Kier molecular flexibility index (Phi) is 8.55. The van der Waals surface area contributed by atoms with E-state index in [1.807, 2.05) is 92.9 Å². The number of ether oxygens (including phenoxy) is 2. The first-order valence-corrected chi connectivity index (χ1v) is 16.4. The molecular formula is C36H32N2O4S2. The number of aromatic nitrogens is 1. The fourth-order valence-corrected chi connectivity index (χ4v) is 6.85. The van der Waals surface area contributed by atoms with Gasteiger partial charge in [0.1, 0.15) is 12.4 Å². The summed E-state index contributed by atoms with van der Waals surface area (Å²) in [4.78, 5) is 33.8. The number of thiazole rings is 1. The molecule has 6 rings (SSSR count). The van der Waals surface area contributed by atoms with Gasteiger partial charge in [-0.2, -0.15) is 0 Å². The van der Waals surface area contributed by atoms with Crippen LogP contribution >= 0.6 is 23.1 Å². The van der Waals surface area contributed by atoms with Gasteiger partial charge in [0.2, 0.25) is 0 Å². The fourth-order valence-electron chi connectivity index (χ4n) is 5.41. The van der Waals surface area contributed by atoms with Crippen molar-refractivity contribution in [3.8, 4) is 5.75 Å². The summed E-state index contributed by atoms with van der Waals surface area (Å²) in [6.07, 6.45) is 3.55. The molecule has 1 aromatic heterocycles. The van der Waals surface area contributed by atoms with Gasteiger partial charge in [0.15, 0.2) is 4.80 Å². The minimum atomic E-state index is -0.659. The van der Waals surface area contributed by atoms with E-state index in [4.69, 9.17) is 14.5 Å². The summed E-state index contributed by atoms with van der Waals surface area (Å²) in [5.74, 6) is 0.203. The number of hydrogen-bond acceptors (Lipinski definition) is 7. The Hall–Kier alpha value is -4.40. The molecular weight excluding hydrogens is 589 g/mol. The number of allylic oxidation sites excluding steroid dienone is 1. The second-order valence-corrected chi connectivity index (χ2v) is 12.7. The van der Waals surface area contributed by atoms with Crippen molar-refractivity contribution in [1.29, 1.82) is 0 Å². The zero-order chi connectivity index (χ0) is 30.8. The number of fused-ring (bicyclic) bond motifs is 2. The number of rotatable bonds is 8. The lowest BCUT2D eigenvalue weighted by molar-refractivity contribution is -0.143. The molecule has 1 aliphatic rings. The first-order valence-electron chi connectivity index (χ1n) is 14.4. The van der Waals surface area contributed by atoms with Crippen molar-refractivity contribution in [1.82, 2.24) is 4.57 Å². The lowest BCUT2D eigenvalue weighted by atomic mass is 9.96. The van der Waals surface area contributed by atoms with Crippen LogP contribution in [0.25, 0.3) is 16.8 Å². The largest absolute Gasteiger partial charge is 0.488 e. The van der Waals surface area contributed by atoms with Crippen LogP contribution in [0.1, 0.15) is 43.5 Å². The number of hydrogen-bond donors (Lipinski definition) is 0. The molecule has 0 N–H and O–H groups in total. The first-order chi connectivity index (χ1) is 21.3. The third kappa shape index (κ3) is 5.87. The van der Waals surface area contributed by atoms with Crippen LogP contribution in [0.5, 0.6) is 5.75 Å². The molecule has 1 aliphatic heterocycles. The Morgan fingerprint density at radius 1 is 1.00 bits per heavy atom. The Balaban J connectivity index is 1.42. The highest BCUT2D eigenvalue weighted by molar-refractivity contribution is 7.98. The molecule has 222 valence electrons. The van der Waals surface area contributed by atoms with E-state index in [9.17, 15) is 9.59 Å². The molecule has 0 saturated carbocycles. The van der Waals surface area contributed by atoms with Gasteiger partial charge in [0.25, 0.3) is 5.56 Å². The highest BCUT2D eigenvalue weighted by atomic mass is 32.2. The van der Waals surface area contributed by atoms with Crippen LogP contribution in [0, 0.1) is 0 Å². The van der Waals surface area contributed by atoms with Gasteiger partial charge < -0.3 is 9.47 Å². The molecule has 0 amide bonds. The van der Waals surface area contributed by atoms with Crippen molar-refractivity contribution in [3.05, 3.63) is 139 Å². The van der Waals surface area contributed by atoms with Crippen molar-refractivity contribution in [2.45, 2.75) is 44.4 Å². The molecule has 8 heteroatoms. The lowest BCUT2D eigenvalue weighted by Gasteiger charge is -2.25. The molecule has 0 unspecified atom stereocenters. The quantitative estimate of drug-likeness (QED) is 0.144. The molecule has 6 nitrogen and oxygen atoms in total. The molecule has 4 aromatic carbocycles. The molecule has 0 aliphatic carbocycles. The minimum Gasteiger partial charge on any atom is -0.488 e. The second kappa shape index (κ2) is 12.7. The molecule has 0 bridgehead atoms. The van der Waals surface area contributed by atoms with E-state index in [1.165, 1.54) is 11.3 Å². The van der Waals surface area contributed by atoms with E-state index in [2.05, 4.69) is 24.3 Å². The van der Waals surface area contributed by atoms with Crippen LogP contribution in [0.2, 0.25) is 0 Å². The smallest absolute Gasteiger partial charge is 0.338 e. The average Bonchev–Trinajstić information content (AvgIpc) is 3.33. The maximum Gasteiger partial charge on any atom is 0.338 e. The molecule has 1 atom stereocenters. The van der Waals surface area contributed by atoms with Crippen molar-refractivity contribution in [2.24, 2.45) is 4.99 Å². The standard InChI is InChI=1S/C36H32N2O4S2/c1-22(2)42-35(40)32-23(3)37-36-38(33(32)25-16-18-28(43-4)19-17-25)34(39)31(44-36)20-26-11-6-8-15-30(26)41-21-27-13-9-12-24-10-5-7-14-29(24)27/h5-20,22,33H,21H2,1-4H3/b31-20+/t33-/m0/s1. The Morgan fingerprint density at radius 3 is 2.50 bits per heavy atom. The fraction of sp³-hybridized carbons (Fsp3) is 0.194. The Morgan fingerprint density at radius 2 is 1.73 bits per heavy atom. The van der Waals surface area contributed by atoms with E-state index in [0.717, 1.165) is 32.4 Å². The SMILES string of the molecule is CSc1ccc([C@H]2C(C(=O)OC(C)C)=C(C)N=c3s/c(=C/c4ccccc4OCc4cccc5ccccc45)c(=O)n32)cc1. The summed E-state index contributed by atoms with van der Waals surface area (Å²) in [5.41, 5.74) is 3.38. The predicted octanol–water partition coefficient (Wildman–Crippen LogP) is 6.64. The first kappa shape index (κ1) is 29.7. The average molecular weight is 621 g/mol. The van der Waals surface area contributed by atoms with Gasteiger partial charge >= 0.3 is 5.97 Å². The predicted molar refractivity (Wildman–Crippen MR) is 178 cm³/mol. The molecule has 44 heavy (non-hydrogen) atoms. The lowest BCUT2D eigenvalue weighted by Crippen LogP contribution is -2.40. The van der Waals surface area contributed by atoms with E-state index >= 15 is 0 Å². The summed E-state index contributed by atoms with van der Waals surface area (Å²) in [5, 5.41) is 2.31. The normalized spacial score (nSPS) is 14.9. The van der Waals surface area contributed by atoms with Gasteiger partial charge in [-0.1, -0.05) is 84.1 Å². The van der Waals surface area contributed by atoms with Crippen LogP contribution in [-0.2, 0) is 16.1 Å². The monoisotopic (exact) mass is 620 g/mol. The second-order valence-electron chi connectivity index (χ2n) is 10.8. The molecule has 0 saturated heterocycles. The van der Waals surface area contributed by atoms with Crippen molar-refractivity contribution >= 4 is 45.9 Å². The highest BCUT2D eigenvalue weighted by Gasteiger charge is 2.33. The topological polar surface area (TPSA) is 69.9 Å². The summed E-state index contributed by atoms with van der Waals surface area (Å²) in [6.45, 7) is 5.81. The highest BCUT2D eigenvalue weighted by Crippen LogP contribution is 2.32. The van der Waals surface area contributed by atoms with Gasteiger partial charge in [0.05, 0.1) is 27.9 Å². The van der Waals surface area contributed by atoms with Crippen LogP contribution < -0.4 is 19.6 Å². The zero-order valence-electron chi connectivity index (χ0n) is 24.9. The van der Waals surface area contributed by atoms with E-state index < -0.39 is 12.0 Å². The molecule has 0 radical (unpaired) electrons. The molecule has 2 heterocycles. The number of esters is 1. The van der Waals surface area contributed by atoms with Gasteiger partial charge in [-0.05, 0) is 73.2 Å². The van der Waals surface area contributed by atoms with Crippen LogP contribution in [0.15, 0.2) is 117 Å². The van der Waals surface area contributed by atoms with Gasteiger partial charge in [0, 0.05) is 10.5 Å². The van der Waals surface area contributed by atoms with Crippen LogP contribution in [0.4, 0.5) is 0 Å². The van der Waals surface area contributed by atoms with E-state index in [0.29, 0.717) is 33.0 Å². The number of para-hydroxylation sites is 1. The number of carbonyl (C=O) groups excluding carboxylic acids is 1. The maximum atomic E-state index is 14.1. The molecule has 0 fully saturated rings. The van der Waals surface area contributed by atoms with E-state index in [1.54, 1.807) is 23.3 Å². The van der Waals surface area contributed by atoms with Gasteiger partial charge in [-0.3, -0.25) is 9.36 Å². The maximum absolute atomic E-state index is 14.1. The summed E-state index contributed by atoms with van der Waals surface area (Å²) in [7, 11) is 0. The third-order valence-corrected chi connectivity index (χ3v) is 9.21. The van der Waals surface area contributed by atoms with Crippen molar-refractivity contribution in [2.75, 3.05) is 6.26 Å². The van der Waals surface area contributed by atoms with Crippen LogP contribution in [0.3, 0.4) is 0 Å². The van der Waals surface area contributed by atoms with E-state index in [-0.39, 0.29) is 11.7 Å². The third-order valence-electron chi connectivity index (χ3n) is 7.48. The summed E-state index contributed by atoms with van der Waals surface area (Å²) < 4.78 is 14.1. The summed E-state index contributed by atoms with van der Waals surface area (Å²) >= 11 is 2.93. The number of nitrogens with zero attached hydrogens (tertiary/aromatic N) is 2. The molecule has 0 spiro atoms. The minimum absolute atomic E-state index is 0.223. The molecule has 5 aromatic rings. The number of benzene rings is 4. The van der Waals surface area contributed by atoms with Crippen molar-refractivity contribution in [3.63, 3.8) is 0 Å². The van der Waals surface area contributed by atoms with Gasteiger partial charge in [-0.15, -0.1) is 11.8 Å². The van der Waals surface area contributed by atoms with Crippen molar-refractivity contribution < 1.29 is 14.3 Å². The number of thioether (sulfide) groups is 1. The number of carbonyl (C=O) groups is 1. The van der Waals surface area contributed by atoms with Gasteiger partial charge in [-0.25, -0.2) is 9.79 Å². The Bertz CT molecular complexity index is 2070. The Labute approximate surface area is 264 Å². The summed E-state index contributed by atoms with van der Waals surface area (Å²) in [6, 6.07) is 29.4.